The molecule has 1 aliphatic rings. The minimum atomic E-state index is -1.84. The van der Waals surface area contributed by atoms with Gasteiger partial charge < -0.3 is 19.2 Å². The third-order valence-electron chi connectivity index (χ3n) is 6.26. The van der Waals surface area contributed by atoms with E-state index >= 15 is 0 Å². The van der Waals surface area contributed by atoms with Crippen molar-refractivity contribution in [2.75, 3.05) is 6.54 Å². The fraction of sp³-hybridized carbons (Fsp3) is 0.727. The van der Waals surface area contributed by atoms with Gasteiger partial charge in [0, 0.05) is 31.5 Å². The van der Waals surface area contributed by atoms with Crippen LogP contribution in [0.25, 0.3) is 0 Å². The zero-order chi connectivity index (χ0) is 22.0. The van der Waals surface area contributed by atoms with Crippen LogP contribution in [0.5, 0.6) is 5.88 Å². The number of likely N-dealkylation sites (tertiary alicyclic amines) is 1. The first kappa shape index (κ1) is 23.7. The van der Waals surface area contributed by atoms with Gasteiger partial charge >= 0.3 is 6.09 Å². The molecule has 1 saturated heterocycles. The van der Waals surface area contributed by atoms with E-state index in [2.05, 4.69) is 59.6 Å². The highest BCUT2D eigenvalue weighted by Crippen LogP contribution is 2.37. The molecule has 0 radical (unpaired) electrons. The number of rotatable bonds is 5. The van der Waals surface area contributed by atoms with Crippen molar-refractivity contribution in [3.63, 3.8) is 0 Å². The van der Waals surface area contributed by atoms with Crippen LogP contribution in [-0.2, 0) is 11.0 Å². The summed E-state index contributed by atoms with van der Waals surface area (Å²) in [6, 6.07) is 5.69. The van der Waals surface area contributed by atoms with Gasteiger partial charge in [0.2, 0.25) is 5.88 Å². The molecular formula is C22H38N2O4Si. The summed E-state index contributed by atoms with van der Waals surface area (Å²) in [5.74, 6) is 0.586. The van der Waals surface area contributed by atoms with Gasteiger partial charge in [0.1, 0.15) is 6.10 Å². The average molecular weight is 423 g/mol. The Balaban J connectivity index is 2.04. The van der Waals surface area contributed by atoms with Crippen molar-refractivity contribution in [1.82, 2.24) is 9.88 Å². The number of pyridine rings is 1. The standard InChI is InChI=1S/C22H38N2O4Si/c1-21(2,3)18-14-17(12-13-24(18)20(25)26)28-19-11-9-10-16(23-19)15-27-29(7,8)22(4,5)6/h9-11,17-18H,12-15H2,1-8H3,(H,25,26). The normalized spacial score (nSPS) is 21.2. The van der Waals surface area contributed by atoms with Gasteiger partial charge in [-0.2, -0.15) is 0 Å². The molecule has 2 heterocycles. The molecule has 2 atom stereocenters. The summed E-state index contributed by atoms with van der Waals surface area (Å²) in [7, 11) is -1.84. The Hall–Kier alpha value is -1.60. The van der Waals surface area contributed by atoms with Crippen LogP contribution < -0.4 is 4.74 Å². The summed E-state index contributed by atoms with van der Waals surface area (Å²) < 4.78 is 12.4. The third-order valence-corrected chi connectivity index (χ3v) is 10.7. The summed E-state index contributed by atoms with van der Waals surface area (Å²) in [5, 5.41) is 9.68. The highest BCUT2D eigenvalue weighted by molar-refractivity contribution is 6.74. The number of carbonyl (C=O) groups is 1. The van der Waals surface area contributed by atoms with E-state index in [0.29, 0.717) is 31.9 Å². The van der Waals surface area contributed by atoms with Crippen LogP contribution in [0.1, 0.15) is 60.1 Å². The minimum absolute atomic E-state index is 0.0427. The molecule has 1 fully saturated rings. The minimum Gasteiger partial charge on any atom is -0.474 e. The largest absolute Gasteiger partial charge is 0.474 e. The molecule has 164 valence electrons. The molecular weight excluding hydrogens is 384 g/mol. The number of carboxylic acid groups (broad SMARTS) is 1. The lowest BCUT2D eigenvalue weighted by Gasteiger charge is -2.44. The van der Waals surface area contributed by atoms with E-state index in [1.165, 1.54) is 0 Å². The van der Waals surface area contributed by atoms with Gasteiger partial charge in [-0.1, -0.05) is 47.6 Å². The number of piperidine rings is 1. The predicted molar refractivity (Wildman–Crippen MR) is 118 cm³/mol. The molecule has 1 aliphatic heterocycles. The van der Waals surface area contributed by atoms with Crippen LogP contribution in [0, 0.1) is 5.41 Å². The maximum Gasteiger partial charge on any atom is 0.407 e. The van der Waals surface area contributed by atoms with E-state index in [1.807, 2.05) is 18.2 Å². The Labute approximate surface area is 176 Å². The first-order chi connectivity index (χ1) is 13.2. The smallest absolute Gasteiger partial charge is 0.407 e. The molecule has 6 nitrogen and oxygen atoms in total. The highest BCUT2D eigenvalue weighted by atomic mass is 28.4. The van der Waals surface area contributed by atoms with Crippen molar-refractivity contribution in [1.29, 1.82) is 0 Å². The number of nitrogens with zero attached hydrogens (tertiary/aromatic N) is 2. The van der Waals surface area contributed by atoms with Gasteiger partial charge in [0.15, 0.2) is 8.32 Å². The first-order valence-corrected chi connectivity index (χ1v) is 13.4. The molecule has 29 heavy (non-hydrogen) atoms. The van der Waals surface area contributed by atoms with Crippen molar-refractivity contribution >= 4 is 14.4 Å². The van der Waals surface area contributed by atoms with Crippen LogP contribution in [0.15, 0.2) is 18.2 Å². The molecule has 1 aromatic rings. The van der Waals surface area contributed by atoms with Gasteiger partial charge in [-0.3, -0.25) is 0 Å². The topological polar surface area (TPSA) is 71.9 Å². The SMILES string of the molecule is CC(C)(C)C1CC(Oc2cccc(CO[Si](C)(C)C(C)(C)C)n2)CCN1C(=O)O. The van der Waals surface area contributed by atoms with E-state index in [9.17, 15) is 9.90 Å². The van der Waals surface area contributed by atoms with Crippen LogP contribution in [0.2, 0.25) is 18.1 Å². The summed E-state index contributed by atoms with van der Waals surface area (Å²) >= 11 is 0. The number of ether oxygens (including phenoxy) is 1. The fourth-order valence-corrected chi connectivity index (χ4v) is 4.28. The number of aromatic nitrogens is 1. The van der Waals surface area contributed by atoms with E-state index in [1.54, 1.807) is 4.90 Å². The monoisotopic (exact) mass is 422 g/mol. The maximum absolute atomic E-state index is 11.6. The molecule has 0 aromatic carbocycles. The molecule has 2 unspecified atom stereocenters. The molecule has 1 N–H and O–H groups in total. The first-order valence-electron chi connectivity index (χ1n) is 10.5. The fourth-order valence-electron chi connectivity index (χ4n) is 3.34. The summed E-state index contributed by atoms with van der Waals surface area (Å²) in [6.07, 6.45) is 0.443. The lowest BCUT2D eigenvalue weighted by molar-refractivity contribution is 0.0116. The molecule has 0 saturated carbocycles. The van der Waals surface area contributed by atoms with Crippen molar-refractivity contribution < 1.29 is 19.1 Å². The predicted octanol–water partition coefficient (Wildman–Crippen LogP) is 5.54. The highest BCUT2D eigenvalue weighted by Gasteiger charge is 2.40. The van der Waals surface area contributed by atoms with Gasteiger partial charge in [0.05, 0.1) is 12.3 Å². The Morgan fingerprint density at radius 3 is 2.45 bits per heavy atom. The van der Waals surface area contributed by atoms with Gasteiger partial charge in [-0.05, 0) is 29.6 Å². The van der Waals surface area contributed by atoms with Gasteiger partial charge in [0.25, 0.3) is 0 Å². The van der Waals surface area contributed by atoms with E-state index in [0.717, 1.165) is 5.69 Å². The van der Waals surface area contributed by atoms with E-state index in [-0.39, 0.29) is 22.6 Å². The quantitative estimate of drug-likeness (QED) is 0.631. The number of hydrogen-bond acceptors (Lipinski definition) is 4. The van der Waals surface area contributed by atoms with Crippen molar-refractivity contribution in [3.8, 4) is 5.88 Å². The molecule has 0 aliphatic carbocycles. The number of hydrogen-bond donors (Lipinski definition) is 1. The Kier molecular flexibility index (Phi) is 7.05. The molecule has 0 spiro atoms. The second kappa shape index (κ2) is 8.64. The van der Waals surface area contributed by atoms with Gasteiger partial charge in [-0.25, -0.2) is 9.78 Å². The summed E-state index contributed by atoms with van der Waals surface area (Å²) in [4.78, 5) is 17.8. The van der Waals surface area contributed by atoms with Crippen LogP contribution in [-0.4, -0.2) is 48.1 Å². The molecule has 1 aromatic heterocycles. The summed E-state index contributed by atoms with van der Waals surface area (Å²) in [6.45, 7) is 18.3. The Bertz CT molecular complexity index is 709. The zero-order valence-electron chi connectivity index (χ0n) is 19.3. The lowest BCUT2D eigenvalue weighted by Crippen LogP contribution is -2.53. The second-order valence-corrected chi connectivity index (χ2v) is 15.4. The van der Waals surface area contributed by atoms with Crippen molar-refractivity contribution in [3.05, 3.63) is 23.9 Å². The maximum atomic E-state index is 11.6. The van der Waals surface area contributed by atoms with Crippen molar-refractivity contribution in [2.45, 2.75) is 91.3 Å². The zero-order valence-corrected chi connectivity index (χ0v) is 20.3. The van der Waals surface area contributed by atoms with Gasteiger partial charge in [-0.15, -0.1) is 0 Å². The van der Waals surface area contributed by atoms with Crippen LogP contribution >= 0.6 is 0 Å². The Morgan fingerprint density at radius 1 is 1.24 bits per heavy atom. The lowest BCUT2D eigenvalue weighted by atomic mass is 9.80. The Morgan fingerprint density at radius 2 is 1.90 bits per heavy atom. The average Bonchev–Trinajstić information content (AvgIpc) is 2.58. The van der Waals surface area contributed by atoms with E-state index in [4.69, 9.17) is 9.16 Å². The van der Waals surface area contributed by atoms with Crippen LogP contribution in [0.3, 0.4) is 0 Å². The van der Waals surface area contributed by atoms with E-state index < -0.39 is 14.4 Å². The number of amides is 1. The third kappa shape index (κ3) is 6.19. The molecule has 7 heteroatoms. The molecule has 2 rings (SSSR count). The molecule has 1 amide bonds. The van der Waals surface area contributed by atoms with Crippen LogP contribution in [0.4, 0.5) is 4.79 Å². The second-order valence-electron chi connectivity index (χ2n) is 10.6. The van der Waals surface area contributed by atoms with Crippen molar-refractivity contribution in [2.24, 2.45) is 5.41 Å². The molecule has 0 bridgehead atoms. The summed E-state index contributed by atoms with van der Waals surface area (Å²) in [5.41, 5.74) is 0.717.